The van der Waals surface area contributed by atoms with Crippen molar-refractivity contribution >= 4 is 74.3 Å². The Labute approximate surface area is 301 Å². The number of halogens is 3. The van der Waals surface area contributed by atoms with E-state index in [-0.39, 0.29) is 30.2 Å². The lowest BCUT2D eigenvalue weighted by atomic mass is 9.93. The molecule has 0 unspecified atom stereocenters. The maximum absolute atomic E-state index is 14.2. The maximum Gasteiger partial charge on any atom is 0.338 e. The van der Waals surface area contributed by atoms with Crippen LogP contribution in [0.15, 0.2) is 106 Å². The molecule has 238 valence electrons. The number of hydrogen-bond donors (Lipinski definition) is 0. The third-order valence-corrected chi connectivity index (χ3v) is 10.0. The Hall–Kier alpha value is -3.82. The molecule has 1 aromatic heterocycles. The molecule has 7 nitrogen and oxygen atoms in total. The molecule has 0 spiro atoms. The van der Waals surface area contributed by atoms with Gasteiger partial charge in [0, 0.05) is 11.1 Å². The van der Waals surface area contributed by atoms with E-state index in [1.807, 2.05) is 60.7 Å². The van der Waals surface area contributed by atoms with E-state index < -0.39 is 12.0 Å². The second kappa shape index (κ2) is 14.5. The highest BCUT2D eigenvalue weighted by molar-refractivity contribution is 14.1. The molecule has 0 amide bonds. The molecule has 0 saturated carbocycles. The summed E-state index contributed by atoms with van der Waals surface area (Å²) in [6.45, 7) is 2.01. The monoisotopic (exact) mass is 872 g/mol. The number of benzene rings is 4. The highest BCUT2D eigenvalue weighted by Gasteiger charge is 2.35. The Morgan fingerprint density at radius 3 is 2.34 bits per heavy atom. The van der Waals surface area contributed by atoms with Crippen molar-refractivity contribution < 1.29 is 23.4 Å². The highest BCUT2D eigenvalue weighted by Crippen LogP contribution is 2.36. The van der Waals surface area contributed by atoms with Gasteiger partial charge in [-0.2, -0.15) is 0 Å². The number of carbonyl (C=O) groups is 1. The molecule has 1 atom stereocenters. The fourth-order valence-electron chi connectivity index (χ4n) is 5.26. The quantitative estimate of drug-likeness (QED) is 0.120. The summed E-state index contributed by atoms with van der Waals surface area (Å²) in [5.41, 5.74) is 3.16. The van der Waals surface area contributed by atoms with Crippen LogP contribution < -0.4 is 24.4 Å². The van der Waals surface area contributed by atoms with Crippen LogP contribution in [-0.2, 0) is 16.1 Å². The van der Waals surface area contributed by atoms with Gasteiger partial charge in [0.2, 0.25) is 0 Å². The van der Waals surface area contributed by atoms with Crippen LogP contribution in [0.3, 0.4) is 0 Å². The van der Waals surface area contributed by atoms with Gasteiger partial charge in [0.25, 0.3) is 5.56 Å². The minimum atomic E-state index is -0.789. The maximum atomic E-state index is 14.2. The number of methoxy groups -OCH3 is 1. The van der Waals surface area contributed by atoms with Gasteiger partial charge in [0.05, 0.1) is 42.7 Å². The fourth-order valence-corrected chi connectivity index (χ4v) is 8.39. The van der Waals surface area contributed by atoms with Crippen LogP contribution in [0.25, 0.3) is 11.8 Å². The summed E-state index contributed by atoms with van der Waals surface area (Å²) in [5, 5.41) is 0. The molecule has 6 rings (SSSR count). The summed E-state index contributed by atoms with van der Waals surface area (Å²) in [6, 6.07) is 26.3. The van der Waals surface area contributed by atoms with Gasteiger partial charge in [-0.3, -0.25) is 9.36 Å². The minimum Gasteiger partial charge on any atom is -0.497 e. The first kappa shape index (κ1) is 33.1. The Morgan fingerprint density at radius 1 is 1.00 bits per heavy atom. The Morgan fingerprint density at radius 2 is 1.68 bits per heavy atom. The van der Waals surface area contributed by atoms with Gasteiger partial charge in [-0.05, 0) is 99.6 Å². The number of fused-ring (bicyclic) bond motifs is 1. The molecule has 11 heteroatoms. The van der Waals surface area contributed by atoms with E-state index in [4.69, 9.17) is 19.2 Å². The summed E-state index contributed by atoms with van der Waals surface area (Å²) in [5.74, 6) is 0.426. The molecule has 4 aromatic carbocycles. The average molecular weight is 872 g/mol. The van der Waals surface area contributed by atoms with E-state index in [0.29, 0.717) is 37.7 Å². The molecule has 0 aliphatic carbocycles. The van der Waals surface area contributed by atoms with Gasteiger partial charge in [0.1, 0.15) is 23.9 Å². The van der Waals surface area contributed by atoms with Crippen molar-refractivity contribution in [2.24, 2.45) is 4.99 Å². The lowest BCUT2D eigenvalue weighted by Gasteiger charge is -2.26. The smallest absolute Gasteiger partial charge is 0.338 e. The number of hydrogen-bond acceptors (Lipinski definition) is 7. The number of rotatable bonds is 9. The van der Waals surface area contributed by atoms with Gasteiger partial charge in [-0.1, -0.05) is 72.0 Å². The topological polar surface area (TPSA) is 79.1 Å². The third-order valence-electron chi connectivity index (χ3n) is 7.45. The number of nitrogens with zero attached hydrogens (tertiary/aromatic N) is 2. The van der Waals surface area contributed by atoms with Crippen molar-refractivity contribution in [3.8, 4) is 11.5 Å². The molecular formula is C36H27FI2N2O5S. The van der Waals surface area contributed by atoms with Crippen LogP contribution in [0.4, 0.5) is 4.39 Å². The summed E-state index contributed by atoms with van der Waals surface area (Å²) < 4.78 is 34.8. The molecule has 0 fully saturated rings. The number of ether oxygens (including phenoxy) is 3. The normalized spacial score (nSPS) is 14.4. The van der Waals surface area contributed by atoms with Crippen LogP contribution in [0.2, 0.25) is 0 Å². The van der Waals surface area contributed by atoms with Crippen LogP contribution in [0, 0.1) is 13.0 Å². The van der Waals surface area contributed by atoms with E-state index in [2.05, 4.69) is 45.2 Å². The van der Waals surface area contributed by atoms with Crippen LogP contribution >= 0.6 is 56.5 Å². The zero-order valence-corrected chi connectivity index (χ0v) is 30.3. The molecular weight excluding hydrogens is 845 g/mol. The van der Waals surface area contributed by atoms with Crippen molar-refractivity contribution in [2.45, 2.75) is 19.6 Å². The highest BCUT2D eigenvalue weighted by atomic mass is 127. The van der Waals surface area contributed by atoms with Gasteiger partial charge in [-0.15, -0.1) is 0 Å². The molecule has 0 radical (unpaired) electrons. The van der Waals surface area contributed by atoms with Crippen molar-refractivity contribution in [1.29, 1.82) is 0 Å². The van der Waals surface area contributed by atoms with Crippen LogP contribution in [-0.4, -0.2) is 24.3 Å². The predicted molar refractivity (Wildman–Crippen MR) is 197 cm³/mol. The lowest BCUT2D eigenvalue weighted by molar-refractivity contribution is -0.138. The predicted octanol–water partition coefficient (Wildman–Crippen LogP) is 6.87. The second-order valence-corrected chi connectivity index (χ2v) is 13.7. The lowest BCUT2D eigenvalue weighted by Crippen LogP contribution is -2.40. The molecule has 0 bridgehead atoms. The molecule has 0 N–H and O–H groups in total. The third kappa shape index (κ3) is 6.92. The van der Waals surface area contributed by atoms with Crippen molar-refractivity contribution in [1.82, 2.24) is 4.57 Å². The Kier molecular flexibility index (Phi) is 10.2. The SMILES string of the molecule is CCOC(=O)C1=C(c2ccccc2)N=c2s/c(=C\c3cc(I)c(OCc4ccccc4F)c(I)c3)c(=O)n2[C@H]1c1ccc(OC)cc1. The molecule has 5 aromatic rings. The van der Waals surface area contributed by atoms with E-state index >= 15 is 0 Å². The average Bonchev–Trinajstić information content (AvgIpc) is 3.38. The van der Waals surface area contributed by atoms with E-state index in [1.54, 1.807) is 48.9 Å². The Balaban J connectivity index is 1.48. The minimum absolute atomic E-state index is 0.0918. The first-order chi connectivity index (χ1) is 22.8. The fraction of sp³-hybridized carbons (Fsp3) is 0.139. The van der Waals surface area contributed by atoms with Gasteiger partial charge in [0.15, 0.2) is 4.80 Å². The number of esters is 1. The number of carbonyl (C=O) groups excluding carboxylic acids is 1. The standard InChI is InChI=1S/C36H27FI2N2O5S/c1-3-45-35(43)30-31(22-9-5-4-6-10-22)40-36-41(32(30)23-13-15-25(44-2)16-14-23)34(42)29(47-36)19-21-17-27(38)33(28(39)18-21)46-20-24-11-7-8-12-26(24)37/h4-19,32H,3,20H2,1-2H3/b29-19-/t32-/m0/s1. The first-order valence-corrected chi connectivity index (χ1v) is 17.5. The van der Waals surface area contributed by atoms with Crippen molar-refractivity contribution in [3.63, 3.8) is 0 Å². The van der Waals surface area contributed by atoms with Crippen LogP contribution in [0.1, 0.15) is 35.2 Å². The molecule has 2 heterocycles. The zero-order chi connectivity index (χ0) is 33.1. The number of thiazole rings is 1. The number of aromatic nitrogens is 1. The van der Waals surface area contributed by atoms with E-state index in [1.165, 1.54) is 17.4 Å². The summed E-state index contributed by atoms with van der Waals surface area (Å²) in [6.07, 6.45) is 1.82. The molecule has 1 aliphatic heterocycles. The van der Waals surface area contributed by atoms with E-state index in [9.17, 15) is 14.0 Å². The summed E-state index contributed by atoms with van der Waals surface area (Å²) >= 11 is 5.62. The van der Waals surface area contributed by atoms with E-state index in [0.717, 1.165) is 18.3 Å². The zero-order valence-electron chi connectivity index (χ0n) is 25.2. The van der Waals surface area contributed by atoms with Gasteiger partial charge < -0.3 is 14.2 Å². The second-order valence-electron chi connectivity index (χ2n) is 10.4. The van der Waals surface area contributed by atoms with Crippen molar-refractivity contribution in [2.75, 3.05) is 13.7 Å². The van der Waals surface area contributed by atoms with Crippen molar-refractivity contribution in [3.05, 3.63) is 151 Å². The summed E-state index contributed by atoms with van der Waals surface area (Å²) in [7, 11) is 1.58. The van der Waals surface area contributed by atoms with Gasteiger partial charge in [-0.25, -0.2) is 14.2 Å². The Bertz CT molecular complexity index is 2160. The summed E-state index contributed by atoms with van der Waals surface area (Å²) in [4.78, 5) is 33.3. The first-order valence-electron chi connectivity index (χ1n) is 14.6. The largest absolute Gasteiger partial charge is 0.497 e. The molecule has 47 heavy (non-hydrogen) atoms. The molecule has 0 saturated heterocycles. The van der Waals surface area contributed by atoms with Crippen LogP contribution in [0.5, 0.6) is 11.5 Å². The van der Waals surface area contributed by atoms with Gasteiger partial charge >= 0.3 is 5.97 Å². The molecule has 1 aliphatic rings.